The van der Waals surface area contributed by atoms with Gasteiger partial charge < -0.3 is 16.4 Å². The summed E-state index contributed by atoms with van der Waals surface area (Å²) in [6.45, 7) is 6.47. The van der Waals surface area contributed by atoms with Gasteiger partial charge in [0.1, 0.15) is 0 Å². The van der Waals surface area contributed by atoms with Crippen LogP contribution in [0.4, 0.5) is 0 Å². The number of nitrogens with two attached hydrogens (primary N) is 2. The van der Waals surface area contributed by atoms with Gasteiger partial charge in [0.25, 0.3) is 0 Å². The number of amides is 2. The number of rotatable bonds is 6. The van der Waals surface area contributed by atoms with Crippen molar-refractivity contribution in [3.05, 3.63) is 35.9 Å². The first-order valence-electron chi connectivity index (χ1n) is 7.08. The maximum absolute atomic E-state index is 12.6. The molecule has 0 bridgehead atoms. The van der Waals surface area contributed by atoms with Crippen molar-refractivity contribution in [1.29, 1.82) is 0 Å². The molecule has 2 amide bonds. The molecule has 5 nitrogen and oxygen atoms in total. The summed E-state index contributed by atoms with van der Waals surface area (Å²) in [5.74, 6) is -0.585. The van der Waals surface area contributed by atoms with E-state index in [0.29, 0.717) is 6.54 Å². The maximum Gasteiger partial charge on any atom is 0.240 e. The van der Waals surface area contributed by atoms with Crippen LogP contribution in [0.2, 0.25) is 0 Å². The van der Waals surface area contributed by atoms with E-state index in [4.69, 9.17) is 11.5 Å². The molecule has 5 heteroatoms. The molecule has 0 aromatic heterocycles. The number of benzene rings is 1. The number of hydrogen-bond donors (Lipinski definition) is 2. The van der Waals surface area contributed by atoms with Crippen molar-refractivity contribution in [3.8, 4) is 0 Å². The standard InChI is InChI=1S/C16H25N3O2/c1-16(2,3)14(18)15(21)19(10-9-13(17)20)11-12-7-5-4-6-8-12/h4-8,14H,9-11,18H2,1-3H3,(H2,17,20)/t14-/m1/s1. The maximum atomic E-state index is 12.6. The second-order valence-corrected chi connectivity index (χ2v) is 6.31. The SMILES string of the molecule is CC(C)(C)[C@H](N)C(=O)N(CCC(N)=O)Cc1ccccc1. The van der Waals surface area contributed by atoms with Gasteiger partial charge in [0.15, 0.2) is 0 Å². The molecule has 4 N–H and O–H groups in total. The zero-order valence-corrected chi connectivity index (χ0v) is 13.0. The van der Waals surface area contributed by atoms with Crippen molar-refractivity contribution >= 4 is 11.8 Å². The third-order valence-electron chi connectivity index (χ3n) is 3.36. The molecule has 0 saturated carbocycles. The van der Waals surface area contributed by atoms with Crippen molar-refractivity contribution in [2.45, 2.75) is 39.8 Å². The molecule has 116 valence electrons. The van der Waals surface area contributed by atoms with Crippen LogP contribution in [-0.4, -0.2) is 29.3 Å². The third-order valence-corrected chi connectivity index (χ3v) is 3.36. The molecule has 0 aliphatic carbocycles. The summed E-state index contributed by atoms with van der Waals surface area (Å²) in [6.07, 6.45) is 0.134. The van der Waals surface area contributed by atoms with Crippen LogP contribution in [0.25, 0.3) is 0 Å². The van der Waals surface area contributed by atoms with E-state index in [2.05, 4.69) is 0 Å². The Balaban J connectivity index is 2.86. The fraction of sp³-hybridized carbons (Fsp3) is 0.500. The first kappa shape index (κ1) is 17.2. The Morgan fingerprint density at radius 3 is 2.24 bits per heavy atom. The Labute approximate surface area is 126 Å². The van der Waals surface area contributed by atoms with Crippen molar-refractivity contribution in [2.75, 3.05) is 6.54 Å². The van der Waals surface area contributed by atoms with Crippen LogP contribution < -0.4 is 11.5 Å². The minimum atomic E-state index is -0.617. The van der Waals surface area contributed by atoms with Crippen LogP contribution in [-0.2, 0) is 16.1 Å². The predicted octanol–water partition coefficient (Wildman–Crippen LogP) is 1.26. The lowest BCUT2D eigenvalue weighted by molar-refractivity contribution is -0.136. The molecule has 1 aromatic carbocycles. The van der Waals surface area contributed by atoms with Crippen LogP contribution >= 0.6 is 0 Å². The van der Waals surface area contributed by atoms with E-state index in [-0.39, 0.29) is 24.3 Å². The van der Waals surface area contributed by atoms with E-state index in [1.165, 1.54) is 0 Å². The molecule has 1 aromatic rings. The van der Waals surface area contributed by atoms with Crippen molar-refractivity contribution in [1.82, 2.24) is 4.90 Å². The summed E-state index contributed by atoms with van der Waals surface area (Å²) in [5, 5.41) is 0. The van der Waals surface area contributed by atoms with Crippen LogP contribution in [0.3, 0.4) is 0 Å². The average molecular weight is 291 g/mol. The Bertz CT molecular complexity index is 480. The molecule has 1 rings (SSSR count). The highest BCUT2D eigenvalue weighted by Gasteiger charge is 2.31. The normalized spacial score (nSPS) is 12.8. The minimum Gasteiger partial charge on any atom is -0.370 e. The fourth-order valence-corrected chi connectivity index (χ4v) is 1.88. The zero-order chi connectivity index (χ0) is 16.0. The second-order valence-electron chi connectivity index (χ2n) is 6.31. The van der Waals surface area contributed by atoms with Gasteiger partial charge in [-0.3, -0.25) is 9.59 Å². The lowest BCUT2D eigenvalue weighted by Crippen LogP contribution is -2.50. The number of carbonyl (C=O) groups is 2. The largest absolute Gasteiger partial charge is 0.370 e. The van der Waals surface area contributed by atoms with E-state index in [9.17, 15) is 9.59 Å². The molecule has 0 unspecified atom stereocenters. The molecular weight excluding hydrogens is 266 g/mol. The lowest BCUT2D eigenvalue weighted by atomic mass is 9.86. The molecule has 0 saturated heterocycles. The van der Waals surface area contributed by atoms with Gasteiger partial charge in [0.2, 0.25) is 11.8 Å². The van der Waals surface area contributed by atoms with E-state index in [0.717, 1.165) is 5.56 Å². The molecule has 1 atom stereocenters. The Morgan fingerprint density at radius 1 is 1.19 bits per heavy atom. The summed E-state index contributed by atoms with van der Waals surface area (Å²) in [4.78, 5) is 25.2. The molecule has 0 aliphatic rings. The van der Waals surface area contributed by atoms with Gasteiger partial charge in [0, 0.05) is 19.5 Å². The number of primary amides is 1. The van der Waals surface area contributed by atoms with Gasteiger partial charge in [-0.05, 0) is 11.0 Å². The Hall–Kier alpha value is -1.88. The predicted molar refractivity (Wildman–Crippen MR) is 83.1 cm³/mol. The van der Waals surface area contributed by atoms with Gasteiger partial charge in [-0.25, -0.2) is 0 Å². The highest BCUT2D eigenvalue weighted by molar-refractivity contribution is 5.83. The summed E-state index contributed by atoms with van der Waals surface area (Å²) < 4.78 is 0. The highest BCUT2D eigenvalue weighted by atomic mass is 16.2. The third kappa shape index (κ3) is 5.55. The van der Waals surface area contributed by atoms with E-state index < -0.39 is 11.9 Å². The van der Waals surface area contributed by atoms with Gasteiger partial charge in [-0.1, -0.05) is 51.1 Å². The molecule has 21 heavy (non-hydrogen) atoms. The van der Waals surface area contributed by atoms with Crippen LogP contribution in [0, 0.1) is 5.41 Å². The summed E-state index contributed by atoms with van der Waals surface area (Å²) in [5.41, 5.74) is 11.9. The van der Waals surface area contributed by atoms with Gasteiger partial charge >= 0.3 is 0 Å². The molecule has 0 radical (unpaired) electrons. The van der Waals surface area contributed by atoms with Crippen molar-refractivity contribution < 1.29 is 9.59 Å². The van der Waals surface area contributed by atoms with Crippen LogP contribution in [0.15, 0.2) is 30.3 Å². The van der Waals surface area contributed by atoms with Crippen molar-refractivity contribution in [2.24, 2.45) is 16.9 Å². The fourth-order valence-electron chi connectivity index (χ4n) is 1.88. The smallest absolute Gasteiger partial charge is 0.240 e. The van der Waals surface area contributed by atoms with E-state index >= 15 is 0 Å². The number of nitrogens with zero attached hydrogens (tertiary/aromatic N) is 1. The second kappa shape index (κ2) is 7.22. The molecule has 0 spiro atoms. The summed E-state index contributed by atoms with van der Waals surface area (Å²) in [7, 11) is 0. The topological polar surface area (TPSA) is 89.4 Å². The van der Waals surface area contributed by atoms with Crippen molar-refractivity contribution in [3.63, 3.8) is 0 Å². The number of hydrogen-bond acceptors (Lipinski definition) is 3. The van der Waals surface area contributed by atoms with Gasteiger partial charge in [0.05, 0.1) is 6.04 Å². The van der Waals surface area contributed by atoms with E-state index in [1.807, 2.05) is 51.1 Å². The highest BCUT2D eigenvalue weighted by Crippen LogP contribution is 2.20. The minimum absolute atomic E-state index is 0.134. The zero-order valence-electron chi connectivity index (χ0n) is 13.0. The van der Waals surface area contributed by atoms with Crippen LogP contribution in [0.1, 0.15) is 32.8 Å². The monoisotopic (exact) mass is 291 g/mol. The first-order chi connectivity index (χ1) is 9.71. The first-order valence-corrected chi connectivity index (χ1v) is 7.08. The Morgan fingerprint density at radius 2 is 1.76 bits per heavy atom. The number of carbonyl (C=O) groups excluding carboxylic acids is 2. The average Bonchev–Trinajstić information content (AvgIpc) is 2.41. The molecule has 0 aliphatic heterocycles. The molecular formula is C16H25N3O2. The van der Waals surface area contributed by atoms with Gasteiger partial charge in [-0.2, -0.15) is 0 Å². The Kier molecular flexibility index (Phi) is 5.90. The molecule has 0 heterocycles. The lowest BCUT2D eigenvalue weighted by Gasteiger charge is -2.32. The van der Waals surface area contributed by atoms with E-state index in [1.54, 1.807) is 4.90 Å². The molecule has 0 fully saturated rings. The summed E-state index contributed by atoms with van der Waals surface area (Å²) in [6, 6.07) is 9.00. The summed E-state index contributed by atoms with van der Waals surface area (Å²) >= 11 is 0. The van der Waals surface area contributed by atoms with Crippen LogP contribution in [0.5, 0.6) is 0 Å². The quantitative estimate of drug-likeness (QED) is 0.827. The van der Waals surface area contributed by atoms with Gasteiger partial charge in [-0.15, -0.1) is 0 Å².